The Hall–Kier alpha value is -2.50. The van der Waals surface area contributed by atoms with Crippen molar-refractivity contribution in [3.8, 4) is 11.5 Å². The molecule has 1 fully saturated rings. The fraction of sp³-hybridized carbons (Fsp3) is 0.474. The van der Waals surface area contributed by atoms with Crippen LogP contribution < -0.4 is 15.2 Å². The monoisotopic (exact) mass is 344 g/mol. The molecule has 0 aromatic heterocycles. The number of hydrogen-bond donors (Lipinski definition) is 1. The normalized spacial score (nSPS) is 19.5. The molecule has 6 nitrogen and oxygen atoms in total. The molecule has 1 saturated heterocycles. The van der Waals surface area contributed by atoms with Gasteiger partial charge in [-0.1, -0.05) is 6.92 Å². The van der Waals surface area contributed by atoms with E-state index in [1.807, 2.05) is 24.3 Å². The van der Waals surface area contributed by atoms with Gasteiger partial charge in [-0.15, -0.1) is 0 Å². The van der Waals surface area contributed by atoms with Gasteiger partial charge in [0.1, 0.15) is 18.1 Å². The predicted octanol–water partition coefficient (Wildman–Crippen LogP) is 1.98. The fourth-order valence-electron chi connectivity index (χ4n) is 3.17. The Bertz CT molecular complexity index is 699. The van der Waals surface area contributed by atoms with E-state index in [2.05, 4.69) is 6.92 Å². The van der Waals surface area contributed by atoms with Crippen molar-refractivity contribution < 1.29 is 19.1 Å². The molecule has 0 spiro atoms. The number of fused-ring (bicyclic) bond motifs is 1. The van der Waals surface area contributed by atoms with Crippen molar-refractivity contribution in [2.24, 2.45) is 11.7 Å². The van der Waals surface area contributed by atoms with E-state index >= 15 is 0 Å². The average molecular weight is 344 g/mol. The van der Waals surface area contributed by atoms with Gasteiger partial charge in [-0.05, 0) is 37.5 Å². The Kier molecular flexibility index (Phi) is 5.26. The zero-order chi connectivity index (χ0) is 17.8. The van der Waals surface area contributed by atoms with Crippen LogP contribution in [-0.4, -0.2) is 43.0 Å². The number of ether oxygens (including phenoxy) is 2. The number of likely N-dealkylation sites (tertiary alicyclic amines) is 1. The number of amides is 2. The van der Waals surface area contributed by atoms with E-state index in [4.69, 9.17) is 15.2 Å². The molecule has 0 bridgehead atoms. The van der Waals surface area contributed by atoms with Gasteiger partial charge < -0.3 is 20.1 Å². The van der Waals surface area contributed by atoms with Crippen molar-refractivity contribution >= 4 is 17.9 Å². The molecule has 0 saturated carbocycles. The molecule has 2 aliphatic rings. The number of piperidine rings is 1. The molecule has 2 amide bonds. The van der Waals surface area contributed by atoms with Crippen molar-refractivity contribution in [3.05, 3.63) is 29.3 Å². The number of carbonyl (C=O) groups is 2. The Morgan fingerprint density at radius 3 is 3.00 bits per heavy atom. The third-order valence-corrected chi connectivity index (χ3v) is 4.56. The minimum atomic E-state index is -0.337. The zero-order valence-electron chi connectivity index (χ0n) is 14.5. The van der Waals surface area contributed by atoms with Crippen LogP contribution in [0.5, 0.6) is 11.5 Å². The maximum absolute atomic E-state index is 12.7. The Morgan fingerprint density at radius 2 is 2.24 bits per heavy atom. The molecule has 3 rings (SSSR count). The second-order valence-corrected chi connectivity index (χ2v) is 6.50. The lowest BCUT2D eigenvalue weighted by molar-refractivity contribution is -0.131. The zero-order valence-corrected chi connectivity index (χ0v) is 14.5. The number of carbonyl (C=O) groups excluding carboxylic acids is 2. The fourth-order valence-corrected chi connectivity index (χ4v) is 3.17. The summed E-state index contributed by atoms with van der Waals surface area (Å²) in [6.45, 7) is 3.98. The predicted molar refractivity (Wildman–Crippen MR) is 94.2 cm³/mol. The maximum Gasteiger partial charge on any atom is 0.253 e. The molecule has 1 aromatic carbocycles. The topological polar surface area (TPSA) is 81.9 Å². The van der Waals surface area contributed by atoms with Gasteiger partial charge >= 0.3 is 0 Å². The minimum absolute atomic E-state index is 0.0806. The summed E-state index contributed by atoms with van der Waals surface area (Å²) in [6.07, 6.45) is 4.34. The van der Waals surface area contributed by atoms with Crippen LogP contribution in [0.4, 0.5) is 0 Å². The van der Waals surface area contributed by atoms with E-state index in [-0.39, 0.29) is 24.3 Å². The summed E-state index contributed by atoms with van der Waals surface area (Å²) in [4.78, 5) is 25.8. The van der Waals surface area contributed by atoms with E-state index < -0.39 is 0 Å². The van der Waals surface area contributed by atoms with Crippen molar-refractivity contribution in [2.45, 2.75) is 26.2 Å². The summed E-state index contributed by atoms with van der Waals surface area (Å²) in [5, 5.41) is 0. The van der Waals surface area contributed by atoms with E-state index in [9.17, 15) is 9.59 Å². The third-order valence-electron chi connectivity index (χ3n) is 4.56. The summed E-state index contributed by atoms with van der Waals surface area (Å²) in [5.74, 6) is 0.815. The molecule has 2 heterocycles. The SMILES string of the molecule is CCCOc1ccc2c(c1)OCC(C(=O)N1CCC[C@H](C(N)=O)C1)=C2. The molecule has 1 aromatic rings. The van der Waals surface area contributed by atoms with Gasteiger partial charge in [0.2, 0.25) is 5.91 Å². The molecule has 2 N–H and O–H groups in total. The first kappa shape index (κ1) is 17.3. The van der Waals surface area contributed by atoms with Gasteiger partial charge in [0.05, 0.1) is 18.1 Å². The maximum atomic E-state index is 12.7. The molecule has 25 heavy (non-hydrogen) atoms. The molecule has 0 unspecified atom stereocenters. The molecule has 0 radical (unpaired) electrons. The molecular formula is C19H24N2O4. The van der Waals surface area contributed by atoms with Gasteiger partial charge in [-0.2, -0.15) is 0 Å². The highest BCUT2D eigenvalue weighted by Crippen LogP contribution is 2.31. The van der Waals surface area contributed by atoms with Crippen LogP contribution in [0.1, 0.15) is 31.7 Å². The van der Waals surface area contributed by atoms with Gasteiger partial charge in [0, 0.05) is 24.7 Å². The van der Waals surface area contributed by atoms with Crippen LogP contribution >= 0.6 is 0 Å². The molecule has 134 valence electrons. The summed E-state index contributed by atoms with van der Waals surface area (Å²) >= 11 is 0. The van der Waals surface area contributed by atoms with E-state index in [1.165, 1.54) is 0 Å². The lowest BCUT2D eigenvalue weighted by Crippen LogP contribution is -2.45. The summed E-state index contributed by atoms with van der Waals surface area (Å²) < 4.78 is 11.4. The van der Waals surface area contributed by atoms with Crippen molar-refractivity contribution in [2.75, 3.05) is 26.3 Å². The highest BCUT2D eigenvalue weighted by Gasteiger charge is 2.29. The Balaban J connectivity index is 1.72. The third kappa shape index (κ3) is 3.95. The molecular weight excluding hydrogens is 320 g/mol. The Morgan fingerprint density at radius 1 is 1.40 bits per heavy atom. The molecule has 1 atom stereocenters. The van der Waals surface area contributed by atoms with Gasteiger partial charge in [0.25, 0.3) is 5.91 Å². The first-order valence-corrected chi connectivity index (χ1v) is 8.77. The molecule has 6 heteroatoms. The number of nitrogens with two attached hydrogens (primary N) is 1. The second-order valence-electron chi connectivity index (χ2n) is 6.50. The van der Waals surface area contributed by atoms with E-state index in [0.29, 0.717) is 25.3 Å². The molecule has 2 aliphatic heterocycles. The first-order chi connectivity index (χ1) is 12.1. The second kappa shape index (κ2) is 7.59. The quantitative estimate of drug-likeness (QED) is 0.885. The number of benzene rings is 1. The average Bonchev–Trinajstić information content (AvgIpc) is 2.65. The number of primary amides is 1. The van der Waals surface area contributed by atoms with Crippen LogP contribution in [0.3, 0.4) is 0 Å². The summed E-state index contributed by atoms with van der Waals surface area (Å²) in [5.41, 5.74) is 6.85. The summed E-state index contributed by atoms with van der Waals surface area (Å²) in [7, 11) is 0. The highest BCUT2D eigenvalue weighted by atomic mass is 16.5. The number of nitrogens with zero attached hydrogens (tertiary/aromatic N) is 1. The number of hydrogen-bond acceptors (Lipinski definition) is 4. The van der Waals surface area contributed by atoms with Gasteiger partial charge in [-0.3, -0.25) is 9.59 Å². The summed E-state index contributed by atoms with van der Waals surface area (Å²) in [6, 6.07) is 5.63. The molecule has 0 aliphatic carbocycles. The van der Waals surface area contributed by atoms with Crippen molar-refractivity contribution in [1.82, 2.24) is 4.90 Å². The lowest BCUT2D eigenvalue weighted by Gasteiger charge is -2.32. The van der Waals surface area contributed by atoms with Crippen LogP contribution in [0.15, 0.2) is 23.8 Å². The van der Waals surface area contributed by atoms with Gasteiger partial charge in [0.15, 0.2) is 0 Å². The van der Waals surface area contributed by atoms with Crippen LogP contribution in [0, 0.1) is 5.92 Å². The lowest BCUT2D eigenvalue weighted by atomic mass is 9.96. The standard InChI is InChI=1S/C19H24N2O4/c1-2-8-24-16-6-5-13-9-15(12-25-17(13)10-16)19(23)21-7-3-4-14(11-21)18(20)22/h5-6,9-10,14H,2-4,7-8,11-12H2,1H3,(H2,20,22)/t14-/m0/s1. The van der Waals surface area contributed by atoms with Crippen LogP contribution in [-0.2, 0) is 9.59 Å². The minimum Gasteiger partial charge on any atom is -0.493 e. The van der Waals surface area contributed by atoms with Crippen LogP contribution in [0.25, 0.3) is 6.08 Å². The van der Waals surface area contributed by atoms with Crippen molar-refractivity contribution in [1.29, 1.82) is 0 Å². The van der Waals surface area contributed by atoms with E-state index in [0.717, 1.165) is 36.3 Å². The highest BCUT2D eigenvalue weighted by molar-refractivity contribution is 5.99. The smallest absolute Gasteiger partial charge is 0.253 e. The van der Waals surface area contributed by atoms with E-state index in [1.54, 1.807) is 4.90 Å². The Labute approximate surface area is 147 Å². The first-order valence-electron chi connectivity index (χ1n) is 8.77. The van der Waals surface area contributed by atoms with Gasteiger partial charge in [-0.25, -0.2) is 0 Å². The number of rotatable bonds is 5. The van der Waals surface area contributed by atoms with Crippen molar-refractivity contribution in [3.63, 3.8) is 0 Å². The largest absolute Gasteiger partial charge is 0.493 e. The van der Waals surface area contributed by atoms with Crippen LogP contribution in [0.2, 0.25) is 0 Å².